The van der Waals surface area contributed by atoms with Crippen LogP contribution in [0.25, 0.3) is 0 Å². The molecule has 1 fully saturated rings. The summed E-state index contributed by atoms with van der Waals surface area (Å²) in [6, 6.07) is 11.8. The quantitative estimate of drug-likeness (QED) is 0.608. The van der Waals surface area contributed by atoms with Crippen LogP contribution in [0, 0.1) is 13.8 Å². The van der Waals surface area contributed by atoms with Crippen molar-refractivity contribution in [3.05, 3.63) is 53.1 Å². The minimum absolute atomic E-state index is 0.0890. The lowest BCUT2D eigenvalue weighted by Gasteiger charge is -2.32. The number of hydrogen-bond donors (Lipinski definition) is 1. The first-order chi connectivity index (χ1) is 15.8. The number of methoxy groups -OCH3 is 1. The van der Waals surface area contributed by atoms with Gasteiger partial charge in [0.1, 0.15) is 16.7 Å². The number of nitrogens with zero attached hydrogens (tertiary/aromatic N) is 3. The SMILES string of the molecule is COc1cc(C)c(S(=O)N(C)CCC(=O)Nc2ccc(CN3CCN(C)CC3)cc2)c(C)c1. The average Bonchev–Trinajstić information content (AvgIpc) is 2.79. The summed E-state index contributed by atoms with van der Waals surface area (Å²) < 4.78 is 20.0. The van der Waals surface area contributed by atoms with Crippen molar-refractivity contribution >= 4 is 22.6 Å². The van der Waals surface area contributed by atoms with Gasteiger partial charge in [0.2, 0.25) is 5.91 Å². The highest BCUT2D eigenvalue weighted by Gasteiger charge is 2.18. The Labute approximate surface area is 200 Å². The molecule has 3 rings (SSSR count). The maximum absolute atomic E-state index is 13.0. The molecule has 1 saturated heterocycles. The van der Waals surface area contributed by atoms with E-state index in [4.69, 9.17) is 4.74 Å². The number of carbonyl (C=O) groups is 1. The monoisotopic (exact) mass is 472 g/mol. The van der Waals surface area contributed by atoms with Crippen molar-refractivity contribution in [3.63, 3.8) is 0 Å². The number of carbonyl (C=O) groups excluding carboxylic acids is 1. The number of ether oxygens (including phenoxy) is 1. The van der Waals surface area contributed by atoms with Crippen molar-refractivity contribution in [3.8, 4) is 5.75 Å². The molecule has 1 aliphatic rings. The Hall–Kier alpha value is -2.26. The zero-order valence-electron chi connectivity index (χ0n) is 20.4. The molecule has 1 heterocycles. The third kappa shape index (κ3) is 7.11. The van der Waals surface area contributed by atoms with Crippen LogP contribution in [0.4, 0.5) is 5.69 Å². The first-order valence-electron chi connectivity index (χ1n) is 11.3. The Morgan fingerprint density at radius 3 is 2.27 bits per heavy atom. The van der Waals surface area contributed by atoms with Gasteiger partial charge in [-0.3, -0.25) is 9.69 Å². The topological polar surface area (TPSA) is 65.1 Å². The van der Waals surface area contributed by atoms with E-state index in [1.807, 2.05) is 38.1 Å². The molecule has 1 amide bonds. The number of piperazine rings is 1. The first kappa shape index (κ1) is 25.4. The largest absolute Gasteiger partial charge is 0.497 e. The fourth-order valence-electron chi connectivity index (χ4n) is 3.98. The Morgan fingerprint density at radius 2 is 1.70 bits per heavy atom. The third-order valence-corrected chi connectivity index (χ3v) is 7.76. The van der Waals surface area contributed by atoms with Crippen molar-refractivity contribution in [2.24, 2.45) is 0 Å². The summed E-state index contributed by atoms with van der Waals surface area (Å²) >= 11 is 0. The number of rotatable bonds is 9. The van der Waals surface area contributed by atoms with E-state index in [9.17, 15) is 9.00 Å². The molecule has 1 atom stereocenters. The molecule has 1 unspecified atom stereocenters. The second-order valence-corrected chi connectivity index (χ2v) is 10.3. The zero-order valence-corrected chi connectivity index (χ0v) is 21.2. The number of benzene rings is 2. The normalized spacial score (nSPS) is 16.1. The second-order valence-electron chi connectivity index (χ2n) is 8.77. The summed E-state index contributed by atoms with van der Waals surface area (Å²) in [4.78, 5) is 18.0. The van der Waals surface area contributed by atoms with E-state index in [0.29, 0.717) is 6.54 Å². The van der Waals surface area contributed by atoms with Gasteiger partial charge in [-0.25, -0.2) is 8.51 Å². The number of nitrogens with one attached hydrogen (secondary N) is 1. The fraction of sp³-hybridized carbons (Fsp3) is 0.480. The van der Waals surface area contributed by atoms with Crippen molar-refractivity contribution in [1.29, 1.82) is 0 Å². The molecule has 0 spiro atoms. The van der Waals surface area contributed by atoms with Crippen LogP contribution in [0.1, 0.15) is 23.1 Å². The lowest BCUT2D eigenvalue weighted by Crippen LogP contribution is -2.43. The van der Waals surface area contributed by atoms with Crippen LogP contribution < -0.4 is 10.1 Å². The van der Waals surface area contributed by atoms with E-state index in [1.165, 1.54) is 5.56 Å². The van der Waals surface area contributed by atoms with Gasteiger partial charge in [0.25, 0.3) is 0 Å². The van der Waals surface area contributed by atoms with Gasteiger partial charge < -0.3 is 15.0 Å². The molecule has 180 valence electrons. The van der Waals surface area contributed by atoms with Crippen molar-refractivity contribution < 1.29 is 13.7 Å². The highest BCUT2D eigenvalue weighted by molar-refractivity contribution is 7.82. The molecule has 1 N–H and O–H groups in total. The molecule has 0 bridgehead atoms. The Balaban J connectivity index is 1.48. The fourth-order valence-corrected chi connectivity index (χ4v) is 5.22. The van der Waals surface area contributed by atoms with E-state index in [0.717, 1.165) is 60.2 Å². The van der Waals surface area contributed by atoms with Gasteiger partial charge in [0, 0.05) is 58.4 Å². The summed E-state index contributed by atoms with van der Waals surface area (Å²) in [5, 5.41) is 2.95. The Kier molecular flexibility index (Phi) is 9.02. The minimum Gasteiger partial charge on any atom is -0.497 e. The van der Waals surface area contributed by atoms with Crippen LogP contribution in [0.5, 0.6) is 5.75 Å². The van der Waals surface area contributed by atoms with Crippen LogP contribution in [0.3, 0.4) is 0 Å². The molecular formula is C25H36N4O3S. The van der Waals surface area contributed by atoms with Gasteiger partial charge in [0.15, 0.2) is 0 Å². The second kappa shape index (κ2) is 11.7. The van der Waals surface area contributed by atoms with Gasteiger partial charge in [-0.2, -0.15) is 0 Å². The molecule has 7 nitrogen and oxygen atoms in total. The molecule has 2 aromatic rings. The summed E-state index contributed by atoms with van der Waals surface area (Å²) in [6.07, 6.45) is 0.263. The lowest BCUT2D eigenvalue weighted by molar-refractivity contribution is -0.116. The maximum Gasteiger partial charge on any atom is 0.225 e. The Morgan fingerprint density at radius 1 is 1.09 bits per heavy atom. The van der Waals surface area contributed by atoms with Crippen molar-refractivity contribution in [1.82, 2.24) is 14.1 Å². The smallest absolute Gasteiger partial charge is 0.225 e. The van der Waals surface area contributed by atoms with Crippen LogP contribution in [-0.2, 0) is 22.3 Å². The maximum atomic E-state index is 13.0. The number of aryl methyl sites for hydroxylation is 2. The average molecular weight is 473 g/mol. The van der Waals surface area contributed by atoms with Crippen LogP contribution >= 0.6 is 0 Å². The molecule has 0 aromatic heterocycles. The van der Waals surface area contributed by atoms with E-state index in [2.05, 4.69) is 34.3 Å². The minimum atomic E-state index is -1.34. The summed E-state index contributed by atoms with van der Waals surface area (Å²) in [6.45, 7) is 9.55. The van der Waals surface area contributed by atoms with Gasteiger partial charge in [-0.1, -0.05) is 12.1 Å². The van der Waals surface area contributed by atoms with Gasteiger partial charge >= 0.3 is 0 Å². The van der Waals surface area contributed by atoms with Crippen LogP contribution in [0.15, 0.2) is 41.3 Å². The highest BCUT2D eigenvalue weighted by atomic mass is 32.2. The molecule has 33 heavy (non-hydrogen) atoms. The predicted molar refractivity (Wildman–Crippen MR) is 134 cm³/mol. The van der Waals surface area contributed by atoms with Gasteiger partial charge in [-0.05, 0) is 61.9 Å². The van der Waals surface area contributed by atoms with Crippen LogP contribution in [-0.4, -0.2) is 78.2 Å². The molecule has 1 aliphatic heterocycles. The lowest BCUT2D eigenvalue weighted by atomic mass is 10.1. The molecule has 0 radical (unpaired) electrons. The highest BCUT2D eigenvalue weighted by Crippen LogP contribution is 2.25. The summed E-state index contributed by atoms with van der Waals surface area (Å²) in [5.41, 5.74) is 3.86. The third-order valence-electron chi connectivity index (χ3n) is 6.02. The van der Waals surface area contributed by atoms with E-state index >= 15 is 0 Å². The molecule has 0 saturated carbocycles. The standard InChI is InChI=1S/C25H36N4O3S/c1-19-16-23(32-5)17-20(2)25(19)33(31)28(4)11-10-24(30)26-22-8-6-21(7-9-22)18-29-14-12-27(3)13-15-29/h6-9,16-17H,10-15,18H2,1-5H3,(H,26,30). The van der Waals surface area contributed by atoms with E-state index < -0.39 is 11.0 Å². The van der Waals surface area contributed by atoms with E-state index in [-0.39, 0.29) is 12.3 Å². The van der Waals surface area contributed by atoms with Crippen molar-refractivity contribution in [2.45, 2.75) is 31.7 Å². The van der Waals surface area contributed by atoms with Crippen molar-refractivity contribution in [2.75, 3.05) is 59.2 Å². The summed E-state index contributed by atoms with van der Waals surface area (Å²) in [7, 11) is 4.21. The van der Waals surface area contributed by atoms with E-state index in [1.54, 1.807) is 18.5 Å². The zero-order chi connectivity index (χ0) is 24.0. The molecule has 8 heteroatoms. The Bertz CT molecular complexity index is 949. The predicted octanol–water partition coefficient (Wildman–Crippen LogP) is 3.04. The first-order valence-corrected chi connectivity index (χ1v) is 12.5. The molecule has 2 aromatic carbocycles. The number of likely N-dealkylation sites (N-methyl/N-ethyl adjacent to an activating group) is 1. The molecule has 0 aliphatic carbocycles. The van der Waals surface area contributed by atoms with Gasteiger partial charge in [-0.15, -0.1) is 0 Å². The summed E-state index contributed by atoms with van der Waals surface area (Å²) in [5.74, 6) is 0.663. The van der Waals surface area contributed by atoms with Crippen LogP contribution in [0.2, 0.25) is 0 Å². The molecular weight excluding hydrogens is 436 g/mol. The number of anilines is 1. The number of amides is 1. The van der Waals surface area contributed by atoms with Gasteiger partial charge in [0.05, 0.1) is 12.0 Å². The number of hydrogen-bond acceptors (Lipinski definition) is 5.